The molecule has 0 aromatic heterocycles. The molecular formula is C15H21NO. The van der Waals surface area contributed by atoms with Crippen molar-refractivity contribution >= 4 is 0 Å². The fourth-order valence-electron chi connectivity index (χ4n) is 2.76. The first kappa shape index (κ1) is 11.1. The fourth-order valence-corrected chi connectivity index (χ4v) is 2.76. The fraction of sp³-hybridized carbons (Fsp3) is 0.600. The summed E-state index contributed by atoms with van der Waals surface area (Å²) in [6.07, 6.45) is 6.34. The van der Waals surface area contributed by atoms with Gasteiger partial charge < -0.3 is 10.4 Å². The molecule has 92 valence electrons. The van der Waals surface area contributed by atoms with Crippen molar-refractivity contribution in [2.45, 2.75) is 45.1 Å². The van der Waals surface area contributed by atoms with Crippen LogP contribution in [0.2, 0.25) is 0 Å². The smallest absolute Gasteiger partial charge is 0.115 e. The van der Waals surface area contributed by atoms with E-state index in [1.54, 1.807) is 0 Å². The molecule has 3 rings (SSSR count). The van der Waals surface area contributed by atoms with E-state index in [0.717, 1.165) is 13.0 Å². The van der Waals surface area contributed by atoms with E-state index in [0.29, 0.717) is 17.2 Å². The van der Waals surface area contributed by atoms with E-state index in [-0.39, 0.29) is 0 Å². The molecule has 0 amide bonds. The Labute approximate surface area is 103 Å². The van der Waals surface area contributed by atoms with Crippen LogP contribution in [-0.2, 0) is 6.42 Å². The molecule has 0 spiro atoms. The number of rotatable bonds is 3. The molecule has 2 aliphatic carbocycles. The maximum absolute atomic E-state index is 9.62. The second-order valence-corrected chi connectivity index (χ2v) is 6.02. The Balaban J connectivity index is 1.76. The summed E-state index contributed by atoms with van der Waals surface area (Å²) in [5, 5.41) is 13.3. The molecule has 1 fully saturated rings. The van der Waals surface area contributed by atoms with Gasteiger partial charge in [-0.1, -0.05) is 13.0 Å². The average molecular weight is 231 g/mol. The van der Waals surface area contributed by atoms with Gasteiger partial charge in [-0.05, 0) is 60.8 Å². The number of fused-ring (bicyclic) bond motifs is 1. The molecule has 2 aliphatic rings. The molecule has 1 saturated carbocycles. The van der Waals surface area contributed by atoms with Crippen LogP contribution in [0.25, 0.3) is 0 Å². The van der Waals surface area contributed by atoms with Gasteiger partial charge in [0.1, 0.15) is 5.75 Å². The van der Waals surface area contributed by atoms with Gasteiger partial charge in [-0.2, -0.15) is 0 Å². The minimum atomic E-state index is 0.398. The van der Waals surface area contributed by atoms with Gasteiger partial charge in [0.2, 0.25) is 0 Å². The number of aromatic hydroxyl groups is 1. The van der Waals surface area contributed by atoms with Crippen LogP contribution in [0.5, 0.6) is 5.75 Å². The number of phenols is 1. The standard InChI is InChI=1S/C15H21NO/c1-15(7-8-15)10-16-14-4-2-3-11-5-6-12(17)9-13(11)14/h5-6,9,14,16-17H,2-4,7-8,10H2,1H3. The van der Waals surface area contributed by atoms with Crippen LogP contribution in [-0.4, -0.2) is 11.7 Å². The highest BCUT2D eigenvalue weighted by molar-refractivity contribution is 5.38. The molecule has 1 aromatic rings. The lowest BCUT2D eigenvalue weighted by Crippen LogP contribution is -2.29. The molecular weight excluding hydrogens is 210 g/mol. The van der Waals surface area contributed by atoms with Gasteiger partial charge >= 0.3 is 0 Å². The Morgan fingerprint density at radius 3 is 3.00 bits per heavy atom. The van der Waals surface area contributed by atoms with Crippen molar-refractivity contribution in [2.24, 2.45) is 5.41 Å². The van der Waals surface area contributed by atoms with Gasteiger partial charge in [-0.15, -0.1) is 0 Å². The van der Waals surface area contributed by atoms with Crippen molar-refractivity contribution < 1.29 is 5.11 Å². The van der Waals surface area contributed by atoms with Crippen molar-refractivity contribution in [2.75, 3.05) is 6.54 Å². The SMILES string of the molecule is CC1(CNC2CCCc3ccc(O)cc32)CC1. The summed E-state index contributed by atoms with van der Waals surface area (Å²) in [6, 6.07) is 6.28. The maximum atomic E-state index is 9.62. The topological polar surface area (TPSA) is 32.3 Å². The lowest BCUT2D eigenvalue weighted by atomic mass is 9.87. The zero-order valence-electron chi connectivity index (χ0n) is 10.5. The van der Waals surface area contributed by atoms with Crippen LogP contribution in [0.4, 0.5) is 0 Å². The minimum absolute atomic E-state index is 0.398. The summed E-state index contributed by atoms with van der Waals surface area (Å²) in [6.45, 7) is 3.47. The summed E-state index contributed by atoms with van der Waals surface area (Å²) < 4.78 is 0. The number of benzene rings is 1. The van der Waals surface area contributed by atoms with E-state index in [1.165, 1.54) is 36.8 Å². The number of hydrogen-bond acceptors (Lipinski definition) is 2. The predicted molar refractivity (Wildman–Crippen MR) is 69.1 cm³/mol. The normalized spacial score (nSPS) is 25.4. The highest BCUT2D eigenvalue weighted by Crippen LogP contribution is 2.45. The summed E-state index contributed by atoms with van der Waals surface area (Å²) in [5.41, 5.74) is 3.28. The highest BCUT2D eigenvalue weighted by atomic mass is 16.3. The van der Waals surface area contributed by atoms with E-state index < -0.39 is 0 Å². The van der Waals surface area contributed by atoms with Crippen molar-refractivity contribution in [3.63, 3.8) is 0 Å². The van der Waals surface area contributed by atoms with Crippen molar-refractivity contribution in [1.82, 2.24) is 5.32 Å². The number of aryl methyl sites for hydroxylation is 1. The van der Waals surface area contributed by atoms with E-state index >= 15 is 0 Å². The predicted octanol–water partition coefficient (Wildman–Crippen LogP) is 3.16. The molecule has 1 aromatic carbocycles. The third-order valence-electron chi connectivity index (χ3n) is 4.32. The second-order valence-electron chi connectivity index (χ2n) is 6.02. The molecule has 2 N–H and O–H groups in total. The van der Waals surface area contributed by atoms with Gasteiger partial charge in [0, 0.05) is 12.6 Å². The van der Waals surface area contributed by atoms with Crippen molar-refractivity contribution in [3.05, 3.63) is 29.3 Å². The van der Waals surface area contributed by atoms with E-state index in [9.17, 15) is 5.11 Å². The van der Waals surface area contributed by atoms with Crippen LogP contribution in [0.1, 0.15) is 49.8 Å². The zero-order chi connectivity index (χ0) is 11.9. The summed E-state index contributed by atoms with van der Waals surface area (Å²) >= 11 is 0. The van der Waals surface area contributed by atoms with Gasteiger partial charge in [0.05, 0.1) is 0 Å². The molecule has 1 unspecified atom stereocenters. The van der Waals surface area contributed by atoms with Gasteiger partial charge in [0.15, 0.2) is 0 Å². The quantitative estimate of drug-likeness (QED) is 0.837. The first-order valence-electron chi connectivity index (χ1n) is 6.72. The van der Waals surface area contributed by atoms with Crippen LogP contribution in [0, 0.1) is 5.41 Å². The van der Waals surface area contributed by atoms with E-state index in [1.807, 2.05) is 12.1 Å². The van der Waals surface area contributed by atoms with Gasteiger partial charge in [-0.3, -0.25) is 0 Å². The molecule has 0 aliphatic heterocycles. The van der Waals surface area contributed by atoms with E-state index in [4.69, 9.17) is 0 Å². The van der Waals surface area contributed by atoms with Gasteiger partial charge in [0.25, 0.3) is 0 Å². The third-order valence-corrected chi connectivity index (χ3v) is 4.32. The Hall–Kier alpha value is -1.02. The second kappa shape index (κ2) is 4.02. The number of phenolic OH excluding ortho intramolecular Hbond substituents is 1. The number of nitrogens with one attached hydrogen (secondary N) is 1. The Morgan fingerprint density at radius 1 is 1.41 bits per heavy atom. The summed E-state index contributed by atoms with van der Waals surface area (Å²) in [4.78, 5) is 0. The lowest BCUT2D eigenvalue weighted by Gasteiger charge is -2.28. The first-order valence-corrected chi connectivity index (χ1v) is 6.72. The van der Waals surface area contributed by atoms with Crippen molar-refractivity contribution in [1.29, 1.82) is 0 Å². The Kier molecular flexibility index (Phi) is 2.62. The largest absolute Gasteiger partial charge is 0.508 e. The molecule has 0 saturated heterocycles. The summed E-state index contributed by atoms with van der Waals surface area (Å²) in [7, 11) is 0. The Morgan fingerprint density at radius 2 is 2.24 bits per heavy atom. The highest BCUT2D eigenvalue weighted by Gasteiger charge is 2.37. The minimum Gasteiger partial charge on any atom is -0.508 e. The third kappa shape index (κ3) is 2.32. The Bertz CT molecular complexity index is 423. The van der Waals surface area contributed by atoms with Crippen LogP contribution >= 0.6 is 0 Å². The maximum Gasteiger partial charge on any atom is 0.115 e. The van der Waals surface area contributed by atoms with Crippen LogP contribution in [0.15, 0.2) is 18.2 Å². The molecule has 0 heterocycles. The summed E-state index contributed by atoms with van der Waals surface area (Å²) in [5.74, 6) is 0.398. The molecule has 2 heteroatoms. The molecule has 2 nitrogen and oxygen atoms in total. The van der Waals surface area contributed by atoms with Crippen LogP contribution in [0.3, 0.4) is 0 Å². The van der Waals surface area contributed by atoms with Crippen LogP contribution < -0.4 is 5.32 Å². The monoisotopic (exact) mass is 231 g/mol. The zero-order valence-corrected chi connectivity index (χ0v) is 10.5. The molecule has 0 bridgehead atoms. The number of hydrogen-bond donors (Lipinski definition) is 2. The molecule has 17 heavy (non-hydrogen) atoms. The first-order chi connectivity index (χ1) is 8.16. The molecule has 1 atom stereocenters. The van der Waals surface area contributed by atoms with E-state index in [2.05, 4.69) is 18.3 Å². The molecule has 0 radical (unpaired) electrons. The lowest BCUT2D eigenvalue weighted by molar-refractivity contribution is 0.401. The van der Waals surface area contributed by atoms with Gasteiger partial charge in [-0.25, -0.2) is 0 Å². The van der Waals surface area contributed by atoms with Crippen molar-refractivity contribution in [3.8, 4) is 5.75 Å². The average Bonchev–Trinajstić information content (AvgIpc) is 3.05.